The molecule has 4 rings (SSSR count). The molecule has 1 heterocycles. The first-order valence-electron chi connectivity index (χ1n) is 9.91. The third-order valence-corrected chi connectivity index (χ3v) is 5.37. The minimum Gasteiger partial charge on any atom is -0.494 e. The van der Waals surface area contributed by atoms with Gasteiger partial charge in [0.25, 0.3) is 0 Å². The van der Waals surface area contributed by atoms with Gasteiger partial charge in [0.05, 0.1) is 18.8 Å². The van der Waals surface area contributed by atoms with Gasteiger partial charge in [-0.25, -0.2) is 9.07 Å². The molecule has 0 unspecified atom stereocenters. The fourth-order valence-electron chi connectivity index (χ4n) is 3.45. The number of rotatable bonds is 8. The number of hydrogen-bond acceptors (Lipinski definition) is 4. The molecule has 0 spiro atoms. The number of benzene rings is 2. The molecule has 0 atom stereocenters. The highest BCUT2D eigenvalue weighted by molar-refractivity contribution is 7.71. The van der Waals surface area contributed by atoms with E-state index in [4.69, 9.17) is 22.1 Å². The van der Waals surface area contributed by atoms with E-state index < -0.39 is 0 Å². The zero-order valence-electron chi connectivity index (χ0n) is 16.7. The van der Waals surface area contributed by atoms with E-state index in [0.717, 1.165) is 25.1 Å². The molecule has 0 bridgehead atoms. The quantitative estimate of drug-likeness (QED) is 0.486. The Balaban J connectivity index is 1.55. The molecule has 0 N–H and O–H groups in total. The SMILES string of the molecule is CCOc1ccc(CN(C)Cn2nc(-c3ccccc3F)n(C3CC3)c2=S)cc1. The van der Waals surface area contributed by atoms with E-state index in [-0.39, 0.29) is 5.82 Å². The molecule has 2 aromatic carbocycles. The molecule has 5 nitrogen and oxygen atoms in total. The van der Waals surface area contributed by atoms with Crippen molar-refractivity contribution in [1.29, 1.82) is 0 Å². The Morgan fingerprint density at radius 1 is 1.17 bits per heavy atom. The Bertz CT molecular complexity index is 1040. The topological polar surface area (TPSA) is 35.2 Å². The average Bonchev–Trinajstić information content (AvgIpc) is 3.49. The Labute approximate surface area is 175 Å². The zero-order valence-corrected chi connectivity index (χ0v) is 17.5. The van der Waals surface area contributed by atoms with Gasteiger partial charge in [-0.1, -0.05) is 24.3 Å². The first kappa shape index (κ1) is 19.8. The summed E-state index contributed by atoms with van der Waals surface area (Å²) < 4.78 is 24.3. The van der Waals surface area contributed by atoms with E-state index in [0.29, 0.717) is 35.5 Å². The van der Waals surface area contributed by atoms with E-state index >= 15 is 0 Å². The number of nitrogens with zero attached hydrogens (tertiary/aromatic N) is 4. The summed E-state index contributed by atoms with van der Waals surface area (Å²) in [5.41, 5.74) is 1.68. The third kappa shape index (κ3) is 4.41. The highest BCUT2D eigenvalue weighted by Crippen LogP contribution is 2.39. The summed E-state index contributed by atoms with van der Waals surface area (Å²) >= 11 is 5.70. The van der Waals surface area contributed by atoms with Gasteiger partial charge in [0.2, 0.25) is 0 Å². The lowest BCUT2D eigenvalue weighted by atomic mass is 10.2. The Morgan fingerprint density at radius 2 is 1.90 bits per heavy atom. The molecular weight excluding hydrogens is 387 g/mol. The van der Waals surface area contributed by atoms with Crippen LogP contribution in [0.3, 0.4) is 0 Å². The highest BCUT2D eigenvalue weighted by atomic mass is 32.1. The fraction of sp³-hybridized carbons (Fsp3) is 0.364. The molecule has 0 saturated heterocycles. The number of aromatic nitrogens is 3. The van der Waals surface area contributed by atoms with E-state index in [1.165, 1.54) is 11.6 Å². The van der Waals surface area contributed by atoms with Gasteiger partial charge in [0.1, 0.15) is 11.6 Å². The summed E-state index contributed by atoms with van der Waals surface area (Å²) in [6.07, 6.45) is 2.12. The predicted octanol–water partition coefficient (Wildman–Crippen LogP) is 5.04. The fourth-order valence-corrected chi connectivity index (χ4v) is 3.78. The second-order valence-corrected chi connectivity index (χ2v) is 7.78. The molecule has 3 aromatic rings. The van der Waals surface area contributed by atoms with Crippen LogP contribution in [0.5, 0.6) is 5.75 Å². The van der Waals surface area contributed by atoms with Crippen LogP contribution in [0.2, 0.25) is 0 Å². The smallest absolute Gasteiger partial charge is 0.199 e. The largest absolute Gasteiger partial charge is 0.494 e. The van der Waals surface area contributed by atoms with Crippen LogP contribution in [0.4, 0.5) is 4.39 Å². The molecule has 29 heavy (non-hydrogen) atoms. The van der Waals surface area contributed by atoms with Crippen LogP contribution in [0.15, 0.2) is 48.5 Å². The number of hydrogen-bond donors (Lipinski definition) is 0. The maximum Gasteiger partial charge on any atom is 0.199 e. The van der Waals surface area contributed by atoms with Crippen LogP contribution in [-0.4, -0.2) is 32.9 Å². The first-order chi connectivity index (χ1) is 14.1. The Morgan fingerprint density at radius 3 is 2.55 bits per heavy atom. The molecule has 1 fully saturated rings. The number of ether oxygens (including phenoxy) is 1. The molecule has 0 radical (unpaired) electrons. The summed E-state index contributed by atoms with van der Waals surface area (Å²) in [5.74, 6) is 1.22. The van der Waals surface area contributed by atoms with Crippen molar-refractivity contribution in [3.63, 3.8) is 0 Å². The summed E-state index contributed by atoms with van der Waals surface area (Å²) in [6.45, 7) is 3.92. The lowest BCUT2D eigenvalue weighted by molar-refractivity contribution is 0.243. The first-order valence-corrected chi connectivity index (χ1v) is 10.3. The lowest BCUT2D eigenvalue weighted by Gasteiger charge is -2.16. The standard InChI is InChI=1S/C22H25FN4OS/c1-3-28-18-12-8-16(9-13-18)14-25(2)15-26-22(29)27(17-10-11-17)21(24-26)19-6-4-5-7-20(19)23/h4-9,12-13,17H,3,10-11,14-15H2,1-2H3. The summed E-state index contributed by atoms with van der Waals surface area (Å²) in [6, 6.07) is 15.2. The monoisotopic (exact) mass is 412 g/mol. The van der Waals surface area contributed by atoms with E-state index in [2.05, 4.69) is 17.0 Å². The summed E-state index contributed by atoms with van der Waals surface area (Å²) in [5, 5.41) is 4.70. The number of halogens is 1. The molecule has 7 heteroatoms. The summed E-state index contributed by atoms with van der Waals surface area (Å²) in [7, 11) is 2.02. The van der Waals surface area contributed by atoms with Crippen molar-refractivity contribution in [3.8, 4) is 17.1 Å². The van der Waals surface area contributed by atoms with Crippen LogP contribution >= 0.6 is 12.2 Å². The van der Waals surface area contributed by atoms with Gasteiger partial charge in [-0.05, 0) is 68.9 Å². The van der Waals surface area contributed by atoms with Crippen LogP contribution in [0, 0.1) is 10.6 Å². The molecule has 0 aliphatic heterocycles. The summed E-state index contributed by atoms with van der Waals surface area (Å²) in [4.78, 5) is 2.14. The van der Waals surface area contributed by atoms with Crippen molar-refractivity contribution < 1.29 is 9.13 Å². The molecular formula is C22H25FN4OS. The third-order valence-electron chi connectivity index (χ3n) is 4.96. The van der Waals surface area contributed by atoms with E-state index in [1.54, 1.807) is 16.8 Å². The second kappa shape index (κ2) is 8.47. The second-order valence-electron chi connectivity index (χ2n) is 7.42. The van der Waals surface area contributed by atoms with Gasteiger partial charge in [0.15, 0.2) is 10.6 Å². The lowest BCUT2D eigenvalue weighted by Crippen LogP contribution is -2.22. The minimum atomic E-state index is -0.274. The van der Waals surface area contributed by atoms with Crippen LogP contribution in [0.1, 0.15) is 31.4 Å². The van der Waals surface area contributed by atoms with Crippen molar-refractivity contribution >= 4 is 12.2 Å². The van der Waals surface area contributed by atoms with Crippen molar-refractivity contribution in [2.75, 3.05) is 13.7 Å². The highest BCUT2D eigenvalue weighted by Gasteiger charge is 2.30. The van der Waals surface area contributed by atoms with Gasteiger partial charge >= 0.3 is 0 Å². The Kier molecular flexibility index (Phi) is 5.78. The average molecular weight is 413 g/mol. The van der Waals surface area contributed by atoms with Crippen molar-refractivity contribution in [2.24, 2.45) is 0 Å². The predicted molar refractivity (Wildman–Crippen MR) is 114 cm³/mol. The molecule has 1 aromatic heterocycles. The molecule has 1 aliphatic carbocycles. The van der Waals surface area contributed by atoms with Crippen LogP contribution in [0.25, 0.3) is 11.4 Å². The van der Waals surface area contributed by atoms with Gasteiger partial charge in [-0.15, -0.1) is 0 Å². The van der Waals surface area contributed by atoms with Crippen LogP contribution in [-0.2, 0) is 13.2 Å². The van der Waals surface area contributed by atoms with E-state index in [1.807, 2.05) is 36.7 Å². The van der Waals surface area contributed by atoms with Crippen LogP contribution < -0.4 is 4.74 Å². The Hall–Kier alpha value is -2.51. The van der Waals surface area contributed by atoms with Gasteiger partial charge in [0, 0.05) is 12.6 Å². The van der Waals surface area contributed by atoms with Gasteiger partial charge in [-0.2, -0.15) is 5.10 Å². The maximum absolute atomic E-state index is 14.4. The molecule has 152 valence electrons. The molecule has 1 saturated carbocycles. The molecule has 0 amide bonds. The normalized spacial score (nSPS) is 13.8. The maximum atomic E-state index is 14.4. The minimum absolute atomic E-state index is 0.274. The zero-order chi connectivity index (χ0) is 20.4. The van der Waals surface area contributed by atoms with Crippen molar-refractivity contribution in [3.05, 3.63) is 64.7 Å². The van der Waals surface area contributed by atoms with E-state index in [9.17, 15) is 4.39 Å². The van der Waals surface area contributed by atoms with Crippen molar-refractivity contribution in [1.82, 2.24) is 19.2 Å². The van der Waals surface area contributed by atoms with Gasteiger partial charge in [-0.3, -0.25) is 9.47 Å². The van der Waals surface area contributed by atoms with Crippen molar-refractivity contribution in [2.45, 2.75) is 39.0 Å². The van der Waals surface area contributed by atoms with Gasteiger partial charge < -0.3 is 4.74 Å². The molecule has 1 aliphatic rings.